The topological polar surface area (TPSA) is 76.4 Å². The average Bonchev–Trinajstić information content (AvgIpc) is 2.32. The highest BCUT2D eigenvalue weighted by atomic mass is 32.1. The Balaban J connectivity index is 2.62. The Bertz CT molecular complexity index is 451. The van der Waals surface area contributed by atoms with E-state index in [4.69, 9.17) is 17.0 Å². The van der Waals surface area contributed by atoms with Crippen molar-refractivity contribution in [3.63, 3.8) is 0 Å². The fourth-order valence-corrected chi connectivity index (χ4v) is 1.55. The van der Waals surface area contributed by atoms with Crippen LogP contribution < -0.4 is 10.6 Å². The van der Waals surface area contributed by atoms with Crippen molar-refractivity contribution in [3.05, 3.63) is 33.9 Å². The molecule has 0 bridgehead atoms. The second-order valence-electron chi connectivity index (χ2n) is 3.63. The third-order valence-corrected chi connectivity index (χ3v) is 2.51. The minimum atomic E-state index is -0.425. The van der Waals surface area contributed by atoms with Crippen molar-refractivity contribution >= 4 is 28.7 Å². The minimum absolute atomic E-state index is 0.0660. The number of rotatable bonds is 5. The lowest BCUT2D eigenvalue weighted by Gasteiger charge is -2.11. The number of hydrogen-bond acceptors (Lipinski definition) is 4. The molecule has 0 saturated carbocycles. The molecule has 0 aliphatic heterocycles. The third-order valence-electron chi connectivity index (χ3n) is 2.26. The van der Waals surface area contributed by atoms with Gasteiger partial charge in [-0.3, -0.25) is 10.1 Å². The molecule has 0 aliphatic rings. The Labute approximate surface area is 110 Å². The Hall–Kier alpha value is -1.73. The van der Waals surface area contributed by atoms with Gasteiger partial charge in [0.05, 0.1) is 11.5 Å². The number of aryl methyl sites for hydroxylation is 1. The number of nitro benzene ring substituents is 1. The summed E-state index contributed by atoms with van der Waals surface area (Å²) >= 11 is 5.08. The van der Waals surface area contributed by atoms with E-state index < -0.39 is 4.92 Å². The van der Waals surface area contributed by atoms with Gasteiger partial charge in [-0.05, 0) is 30.8 Å². The quantitative estimate of drug-likeness (QED) is 0.367. The summed E-state index contributed by atoms with van der Waals surface area (Å²) in [6.45, 7) is 2.95. The standard InChI is InChI=1S/C11H15N3O3S/c1-8-7-9(14(15)16)3-4-10(8)13-11(18)12-5-6-17-2/h3-4,7H,5-6H2,1-2H3,(H2,12,13,18). The molecule has 0 amide bonds. The van der Waals surface area contributed by atoms with Crippen molar-refractivity contribution in [3.8, 4) is 0 Å². The van der Waals surface area contributed by atoms with E-state index in [0.29, 0.717) is 18.3 Å². The molecule has 6 nitrogen and oxygen atoms in total. The summed E-state index contributed by atoms with van der Waals surface area (Å²) in [5.41, 5.74) is 1.58. The number of thiocarbonyl (C=S) groups is 1. The molecule has 0 aliphatic carbocycles. The number of benzene rings is 1. The number of non-ortho nitro benzene ring substituents is 1. The first-order chi connectivity index (χ1) is 8.54. The van der Waals surface area contributed by atoms with Crippen LogP contribution in [0.3, 0.4) is 0 Å². The fraction of sp³-hybridized carbons (Fsp3) is 0.364. The lowest BCUT2D eigenvalue weighted by atomic mass is 10.2. The van der Waals surface area contributed by atoms with E-state index in [0.717, 1.165) is 11.3 Å². The van der Waals surface area contributed by atoms with Gasteiger partial charge in [0.25, 0.3) is 5.69 Å². The molecule has 1 aromatic rings. The molecule has 18 heavy (non-hydrogen) atoms. The maximum Gasteiger partial charge on any atom is 0.269 e. The van der Waals surface area contributed by atoms with Gasteiger partial charge in [0.2, 0.25) is 0 Å². The molecule has 98 valence electrons. The summed E-state index contributed by atoms with van der Waals surface area (Å²) in [7, 11) is 1.61. The lowest BCUT2D eigenvalue weighted by molar-refractivity contribution is -0.384. The van der Waals surface area contributed by atoms with Crippen LogP contribution >= 0.6 is 12.2 Å². The first-order valence-corrected chi connectivity index (χ1v) is 5.74. The second-order valence-corrected chi connectivity index (χ2v) is 4.04. The Morgan fingerprint density at radius 3 is 2.83 bits per heavy atom. The summed E-state index contributed by atoms with van der Waals surface area (Å²) in [6.07, 6.45) is 0. The van der Waals surface area contributed by atoms with Crippen LogP contribution in [0.25, 0.3) is 0 Å². The van der Waals surface area contributed by atoms with Crippen LogP contribution in [0.15, 0.2) is 18.2 Å². The van der Waals surface area contributed by atoms with E-state index >= 15 is 0 Å². The molecule has 0 spiro atoms. The van der Waals surface area contributed by atoms with Crippen LogP contribution in [0.4, 0.5) is 11.4 Å². The predicted octanol–water partition coefficient (Wildman–Crippen LogP) is 1.84. The van der Waals surface area contributed by atoms with E-state index in [2.05, 4.69) is 10.6 Å². The molecular weight excluding hydrogens is 254 g/mol. The first-order valence-electron chi connectivity index (χ1n) is 5.33. The van der Waals surface area contributed by atoms with Gasteiger partial charge >= 0.3 is 0 Å². The number of nitrogens with zero attached hydrogens (tertiary/aromatic N) is 1. The summed E-state index contributed by atoms with van der Waals surface area (Å²) < 4.78 is 4.88. The van der Waals surface area contributed by atoms with Crippen LogP contribution in [0.1, 0.15) is 5.56 Å². The molecule has 0 radical (unpaired) electrons. The fourth-order valence-electron chi connectivity index (χ4n) is 1.33. The van der Waals surface area contributed by atoms with E-state index in [1.807, 2.05) is 0 Å². The molecule has 0 atom stereocenters. The molecule has 1 aromatic carbocycles. The number of methoxy groups -OCH3 is 1. The van der Waals surface area contributed by atoms with Crippen LogP contribution in [-0.4, -0.2) is 30.3 Å². The third kappa shape index (κ3) is 4.27. The van der Waals surface area contributed by atoms with Gasteiger partial charge in [0.15, 0.2) is 5.11 Å². The van der Waals surface area contributed by atoms with Gasteiger partial charge in [-0.1, -0.05) is 0 Å². The van der Waals surface area contributed by atoms with Crippen molar-refractivity contribution in [1.29, 1.82) is 0 Å². The number of nitro groups is 1. The van der Waals surface area contributed by atoms with Gasteiger partial charge in [-0.15, -0.1) is 0 Å². The Morgan fingerprint density at radius 1 is 1.56 bits per heavy atom. The number of nitrogens with one attached hydrogen (secondary N) is 2. The molecule has 2 N–H and O–H groups in total. The minimum Gasteiger partial charge on any atom is -0.383 e. The largest absolute Gasteiger partial charge is 0.383 e. The summed E-state index contributed by atoms with van der Waals surface area (Å²) in [5.74, 6) is 0. The molecule has 7 heteroatoms. The summed E-state index contributed by atoms with van der Waals surface area (Å²) in [5, 5.41) is 17.0. The SMILES string of the molecule is COCCNC(=S)Nc1ccc([N+](=O)[O-])cc1C. The van der Waals surface area contributed by atoms with Crippen LogP contribution in [0.2, 0.25) is 0 Å². The molecule has 0 saturated heterocycles. The van der Waals surface area contributed by atoms with Crippen LogP contribution in [0.5, 0.6) is 0 Å². The second kappa shape index (κ2) is 6.87. The summed E-state index contributed by atoms with van der Waals surface area (Å²) in [4.78, 5) is 10.2. The van der Waals surface area contributed by atoms with E-state index in [-0.39, 0.29) is 5.69 Å². The Kier molecular flexibility index (Phi) is 5.47. The van der Waals surface area contributed by atoms with Crippen molar-refractivity contribution in [2.75, 3.05) is 25.6 Å². The molecule has 1 rings (SSSR count). The van der Waals surface area contributed by atoms with E-state index in [1.165, 1.54) is 12.1 Å². The Morgan fingerprint density at radius 2 is 2.28 bits per heavy atom. The van der Waals surface area contributed by atoms with Crippen molar-refractivity contribution in [2.24, 2.45) is 0 Å². The van der Waals surface area contributed by atoms with Gasteiger partial charge in [-0.2, -0.15) is 0 Å². The smallest absolute Gasteiger partial charge is 0.269 e. The van der Waals surface area contributed by atoms with Gasteiger partial charge in [-0.25, -0.2) is 0 Å². The monoisotopic (exact) mass is 269 g/mol. The highest BCUT2D eigenvalue weighted by Gasteiger charge is 2.08. The average molecular weight is 269 g/mol. The zero-order chi connectivity index (χ0) is 13.5. The van der Waals surface area contributed by atoms with Crippen molar-refractivity contribution < 1.29 is 9.66 Å². The van der Waals surface area contributed by atoms with Crippen LogP contribution in [0, 0.1) is 17.0 Å². The molecule has 0 aromatic heterocycles. The number of anilines is 1. The van der Waals surface area contributed by atoms with Gasteiger partial charge in [0, 0.05) is 31.5 Å². The van der Waals surface area contributed by atoms with E-state index in [1.54, 1.807) is 20.1 Å². The van der Waals surface area contributed by atoms with E-state index in [9.17, 15) is 10.1 Å². The molecule has 0 heterocycles. The summed E-state index contributed by atoms with van der Waals surface area (Å²) in [6, 6.07) is 4.57. The molecular formula is C11H15N3O3S. The zero-order valence-electron chi connectivity index (χ0n) is 10.2. The van der Waals surface area contributed by atoms with Crippen LogP contribution in [-0.2, 0) is 4.74 Å². The number of ether oxygens (including phenoxy) is 1. The lowest BCUT2D eigenvalue weighted by Crippen LogP contribution is -2.31. The van der Waals surface area contributed by atoms with Gasteiger partial charge in [0.1, 0.15) is 0 Å². The molecule has 0 fully saturated rings. The maximum atomic E-state index is 10.6. The van der Waals surface area contributed by atoms with Gasteiger partial charge < -0.3 is 15.4 Å². The highest BCUT2D eigenvalue weighted by molar-refractivity contribution is 7.80. The predicted molar refractivity (Wildman–Crippen MR) is 73.9 cm³/mol. The first kappa shape index (κ1) is 14.3. The maximum absolute atomic E-state index is 10.6. The number of hydrogen-bond donors (Lipinski definition) is 2. The highest BCUT2D eigenvalue weighted by Crippen LogP contribution is 2.20. The van der Waals surface area contributed by atoms with Crippen molar-refractivity contribution in [2.45, 2.75) is 6.92 Å². The normalized spacial score (nSPS) is 9.89. The zero-order valence-corrected chi connectivity index (χ0v) is 11.0. The molecule has 0 unspecified atom stereocenters. The van der Waals surface area contributed by atoms with Crippen molar-refractivity contribution in [1.82, 2.24) is 5.32 Å².